The van der Waals surface area contributed by atoms with Gasteiger partial charge in [-0.2, -0.15) is 5.10 Å². The molecular formula is C53H72FN11O6. The topological polar surface area (TPSA) is 223 Å². The van der Waals surface area contributed by atoms with Gasteiger partial charge in [0.05, 0.1) is 43.2 Å². The van der Waals surface area contributed by atoms with Gasteiger partial charge in [0.2, 0.25) is 23.6 Å². The Labute approximate surface area is 416 Å². The number of likely N-dealkylation sites (N-methyl/N-ethyl adjacent to an activating group) is 1. The van der Waals surface area contributed by atoms with Gasteiger partial charge in [-0.15, -0.1) is 0 Å². The van der Waals surface area contributed by atoms with E-state index in [1.54, 1.807) is 38.2 Å². The Balaban J connectivity index is 0.855. The van der Waals surface area contributed by atoms with Gasteiger partial charge in [-0.05, 0) is 105 Å². The number of halogens is 1. The number of nitrogen functional groups attached to an aromatic ring is 1. The lowest BCUT2D eigenvalue weighted by Crippen LogP contribution is -2.61. The number of pyridine rings is 1. The average Bonchev–Trinajstić information content (AvgIpc) is 3.94. The van der Waals surface area contributed by atoms with Gasteiger partial charge >= 0.3 is 0 Å². The van der Waals surface area contributed by atoms with Crippen molar-refractivity contribution in [1.29, 1.82) is 0 Å². The molecule has 3 aliphatic rings. The Morgan fingerprint density at radius 3 is 2.46 bits per heavy atom. The predicted molar refractivity (Wildman–Crippen MR) is 271 cm³/mol. The maximum atomic E-state index is 14.7. The summed E-state index contributed by atoms with van der Waals surface area (Å²) in [6, 6.07) is 9.68. The number of ether oxygens (including phenoxy) is 1. The van der Waals surface area contributed by atoms with Gasteiger partial charge in [-0.3, -0.25) is 28.7 Å². The van der Waals surface area contributed by atoms with Crippen LogP contribution in [-0.2, 0) is 45.2 Å². The fraction of sp³-hybridized carbons (Fsp3) is 0.528. The molecule has 2 bridgehead atoms. The fourth-order valence-electron chi connectivity index (χ4n) is 10.1. The van der Waals surface area contributed by atoms with Gasteiger partial charge in [0, 0.05) is 68.1 Å². The summed E-state index contributed by atoms with van der Waals surface area (Å²) in [5.74, 6) is -0.844. The van der Waals surface area contributed by atoms with Crippen molar-refractivity contribution in [2.24, 2.45) is 11.1 Å². The van der Waals surface area contributed by atoms with Crippen LogP contribution in [0.1, 0.15) is 130 Å². The SMILES string of the molecule is CN[C@@H](C)C(=O)N[C@H](C(=O)N1Cc2cc(OCCCCCCCCC(=O)NCCn3nc4c(c3C)-c3cnc(N)c(c3)N3CCC[C@@H]3c3cc(F)ccc3C(=O)N(C)C4)ccc2C[C@H]1C(N)=O)C(C)(C)C. The van der Waals surface area contributed by atoms with Crippen LogP contribution in [0.15, 0.2) is 48.7 Å². The van der Waals surface area contributed by atoms with E-state index < -0.39 is 35.3 Å². The molecule has 5 heterocycles. The Hall–Kier alpha value is -6.56. The number of hydrogen-bond acceptors (Lipinski definition) is 11. The molecule has 2 aromatic carbocycles. The monoisotopic (exact) mass is 978 g/mol. The molecule has 0 aliphatic carbocycles. The minimum absolute atomic E-state index is 0.0161. The third kappa shape index (κ3) is 12.1. The first kappa shape index (κ1) is 52.3. The van der Waals surface area contributed by atoms with Crippen molar-refractivity contribution >= 4 is 41.0 Å². The summed E-state index contributed by atoms with van der Waals surface area (Å²) in [5.41, 5.74) is 18.6. The molecule has 3 aliphatic heterocycles. The third-order valence-electron chi connectivity index (χ3n) is 14.2. The second kappa shape index (κ2) is 22.7. The molecule has 382 valence electrons. The summed E-state index contributed by atoms with van der Waals surface area (Å²) in [7, 11) is 3.41. The number of nitrogens with two attached hydrogens (primary N) is 2. The van der Waals surface area contributed by atoms with E-state index >= 15 is 0 Å². The number of amides is 5. The van der Waals surface area contributed by atoms with E-state index in [0.29, 0.717) is 61.1 Å². The number of anilines is 2. The molecule has 71 heavy (non-hydrogen) atoms. The van der Waals surface area contributed by atoms with Crippen molar-refractivity contribution in [1.82, 2.24) is 40.5 Å². The van der Waals surface area contributed by atoms with Crippen LogP contribution in [0.25, 0.3) is 11.1 Å². The Morgan fingerprint density at radius 2 is 1.73 bits per heavy atom. The second-order valence-corrected chi connectivity index (χ2v) is 20.4. The fourth-order valence-corrected chi connectivity index (χ4v) is 10.1. The molecule has 4 atom stereocenters. The highest BCUT2D eigenvalue weighted by Crippen LogP contribution is 2.42. The number of unbranched alkanes of at least 4 members (excludes halogenated alkanes) is 5. The van der Waals surface area contributed by atoms with Crippen LogP contribution in [0.4, 0.5) is 15.9 Å². The lowest BCUT2D eigenvalue weighted by atomic mass is 9.84. The summed E-state index contributed by atoms with van der Waals surface area (Å²) in [6.45, 7) is 11.7. The first-order valence-corrected chi connectivity index (χ1v) is 25.1. The van der Waals surface area contributed by atoms with Crippen molar-refractivity contribution in [2.45, 2.75) is 143 Å². The van der Waals surface area contributed by atoms with Gasteiger partial charge in [0.1, 0.15) is 29.5 Å². The molecule has 17 nitrogen and oxygen atoms in total. The van der Waals surface area contributed by atoms with E-state index in [9.17, 15) is 28.4 Å². The van der Waals surface area contributed by atoms with E-state index in [0.717, 1.165) is 85.0 Å². The van der Waals surface area contributed by atoms with Crippen LogP contribution in [0, 0.1) is 18.2 Å². The zero-order valence-electron chi connectivity index (χ0n) is 42.4. The number of benzene rings is 2. The normalized spacial score (nSPS) is 17.5. The summed E-state index contributed by atoms with van der Waals surface area (Å²) in [4.78, 5) is 76.3. The summed E-state index contributed by atoms with van der Waals surface area (Å²) < 4.78 is 22.7. The van der Waals surface area contributed by atoms with Gasteiger partial charge in [0.15, 0.2) is 0 Å². The molecule has 5 amide bonds. The summed E-state index contributed by atoms with van der Waals surface area (Å²) >= 11 is 0. The first-order chi connectivity index (χ1) is 33.9. The number of primary amides is 1. The third-order valence-corrected chi connectivity index (χ3v) is 14.2. The van der Waals surface area contributed by atoms with Crippen LogP contribution >= 0.6 is 0 Å². The molecule has 7 N–H and O–H groups in total. The summed E-state index contributed by atoms with van der Waals surface area (Å²) in [5, 5.41) is 13.8. The average molecular weight is 978 g/mol. The van der Waals surface area contributed by atoms with Gasteiger partial charge < -0.3 is 46.9 Å². The smallest absolute Gasteiger partial charge is 0.254 e. The molecule has 1 fully saturated rings. The van der Waals surface area contributed by atoms with Crippen LogP contribution < -0.4 is 37.1 Å². The highest BCUT2D eigenvalue weighted by atomic mass is 19.1. The Kier molecular flexibility index (Phi) is 16.7. The van der Waals surface area contributed by atoms with Crippen LogP contribution in [0.3, 0.4) is 0 Å². The molecule has 2 aromatic heterocycles. The van der Waals surface area contributed by atoms with Gasteiger partial charge in [0.25, 0.3) is 5.91 Å². The first-order valence-electron chi connectivity index (χ1n) is 25.1. The number of aromatic nitrogens is 3. The number of rotatable bonds is 18. The van der Waals surface area contributed by atoms with E-state index in [-0.39, 0.29) is 49.2 Å². The highest BCUT2D eigenvalue weighted by Gasteiger charge is 2.42. The lowest BCUT2D eigenvalue weighted by molar-refractivity contribution is -0.146. The molecule has 0 saturated carbocycles. The number of carbonyl (C=O) groups is 5. The maximum absolute atomic E-state index is 14.7. The van der Waals surface area contributed by atoms with Crippen LogP contribution in [-0.4, -0.2) is 106 Å². The number of nitrogens with zero attached hydrogens (tertiary/aromatic N) is 6. The number of carbonyl (C=O) groups excluding carboxylic acids is 5. The molecule has 1 saturated heterocycles. The number of fused-ring (bicyclic) bond motifs is 9. The van der Waals surface area contributed by atoms with E-state index in [1.807, 2.05) is 56.6 Å². The van der Waals surface area contributed by atoms with Crippen molar-refractivity contribution in [3.63, 3.8) is 0 Å². The van der Waals surface area contributed by atoms with E-state index in [4.69, 9.17) is 21.3 Å². The number of nitrogens with one attached hydrogen (secondary N) is 3. The Bertz CT molecular complexity index is 2610. The standard InChI is InChI=1S/C53H72FN11O6/c1-32(57-6)50(68)60-47(53(3,4)5)52(70)64-30-36-25-38(19-17-34(36)26-44(64)49(56)67)71-24-13-11-9-8-10-12-16-45(66)58-21-23-65-33(2)46-35-27-43(48(55)59-29-35)63-22-14-15-42(63)40-28-37(54)18-20-39(40)51(69)62(7)31-41(46)61-65/h17-20,25,27-29,32,42,44,47,57H,8-16,21-24,26,30-31H2,1-7H3,(H2,55,59)(H2,56,67)(H,58,66)(H,60,68)/t32-,42+,44-,47+/m0/s1. The van der Waals surface area contributed by atoms with Crippen molar-refractivity contribution in [2.75, 3.05) is 44.4 Å². The Morgan fingerprint density at radius 1 is 0.986 bits per heavy atom. The predicted octanol–water partition coefficient (Wildman–Crippen LogP) is 5.71. The lowest BCUT2D eigenvalue weighted by Gasteiger charge is -2.40. The zero-order valence-corrected chi connectivity index (χ0v) is 42.4. The maximum Gasteiger partial charge on any atom is 0.254 e. The van der Waals surface area contributed by atoms with Gasteiger partial charge in [-0.1, -0.05) is 52.5 Å². The van der Waals surface area contributed by atoms with Gasteiger partial charge in [-0.25, -0.2) is 9.37 Å². The number of hydrogen-bond donors (Lipinski definition) is 5. The molecule has 18 heteroatoms. The van der Waals surface area contributed by atoms with Crippen molar-refractivity contribution in [3.05, 3.63) is 88.1 Å². The van der Waals surface area contributed by atoms with E-state index in [1.165, 1.54) is 17.0 Å². The minimum Gasteiger partial charge on any atom is -0.494 e. The summed E-state index contributed by atoms with van der Waals surface area (Å²) in [6.07, 6.45) is 9.60. The minimum atomic E-state index is -0.871. The second-order valence-electron chi connectivity index (χ2n) is 20.4. The van der Waals surface area contributed by atoms with Crippen LogP contribution in [0.5, 0.6) is 5.75 Å². The van der Waals surface area contributed by atoms with Crippen molar-refractivity contribution < 1.29 is 33.1 Å². The highest BCUT2D eigenvalue weighted by molar-refractivity contribution is 5.96. The zero-order chi connectivity index (χ0) is 51.1. The molecule has 4 aromatic rings. The largest absolute Gasteiger partial charge is 0.494 e. The molecular weight excluding hydrogens is 906 g/mol. The molecule has 0 spiro atoms. The van der Waals surface area contributed by atoms with Crippen molar-refractivity contribution in [3.8, 4) is 16.9 Å². The van der Waals surface area contributed by atoms with E-state index in [2.05, 4.69) is 25.8 Å². The molecule has 0 radical (unpaired) electrons. The van der Waals surface area contributed by atoms with Crippen LogP contribution in [0.2, 0.25) is 0 Å². The molecule has 0 unspecified atom stereocenters. The molecule has 7 rings (SSSR count). The quantitative estimate of drug-likeness (QED) is 0.0761.